The van der Waals surface area contributed by atoms with E-state index in [1.54, 1.807) is 61.5 Å². The molecule has 9 heteroatoms. The summed E-state index contributed by atoms with van der Waals surface area (Å²) in [5.41, 5.74) is 5.86. The molecular formula is C42H40O9. The number of esters is 3. The van der Waals surface area contributed by atoms with Crippen molar-refractivity contribution in [3.8, 4) is 39.5 Å². The summed E-state index contributed by atoms with van der Waals surface area (Å²) in [5, 5.41) is 0. The van der Waals surface area contributed by atoms with E-state index >= 15 is 0 Å². The lowest BCUT2D eigenvalue weighted by Crippen LogP contribution is -2.40. The Morgan fingerprint density at radius 2 is 1.10 bits per heavy atom. The van der Waals surface area contributed by atoms with Crippen LogP contribution in [0.5, 0.6) is 17.2 Å². The summed E-state index contributed by atoms with van der Waals surface area (Å²) in [6, 6.07) is 24.4. The van der Waals surface area contributed by atoms with E-state index in [2.05, 4.69) is 25.8 Å². The molecule has 0 amide bonds. The lowest BCUT2D eigenvalue weighted by atomic mass is 9.92. The van der Waals surface area contributed by atoms with Gasteiger partial charge in [-0.3, -0.25) is 4.79 Å². The van der Waals surface area contributed by atoms with E-state index in [0.29, 0.717) is 17.5 Å². The molecule has 0 aliphatic rings. The highest BCUT2D eigenvalue weighted by atomic mass is 16.7. The average molecular weight is 689 g/mol. The third-order valence-corrected chi connectivity index (χ3v) is 7.99. The van der Waals surface area contributed by atoms with Crippen molar-refractivity contribution in [1.82, 2.24) is 0 Å². The standard InChI is InChI=1S/C42H40O9/c1-10-28-23-31(15-21-35(28)32-16-22-36(50-40(45)26(4)5)37(24-32)51-41(46)27(6)7)29-11-13-30(14-12-29)38(43)42(47-8,48-9)33-17-19-34(20-18-33)49-39(44)25(2)3/h11-24H,2,4,6,10H2,1,3,5,7-9H3. The van der Waals surface area contributed by atoms with Crippen LogP contribution in [0, 0.1) is 0 Å². The Labute approximate surface area is 297 Å². The highest BCUT2D eigenvalue weighted by Gasteiger charge is 2.41. The van der Waals surface area contributed by atoms with Crippen molar-refractivity contribution < 1.29 is 42.9 Å². The van der Waals surface area contributed by atoms with Crippen LogP contribution in [-0.2, 0) is 36.1 Å². The molecule has 51 heavy (non-hydrogen) atoms. The molecule has 4 rings (SSSR count). The van der Waals surface area contributed by atoms with Crippen molar-refractivity contribution in [2.24, 2.45) is 0 Å². The third kappa shape index (κ3) is 8.46. The number of carbonyl (C=O) groups is 4. The molecule has 0 saturated carbocycles. The Morgan fingerprint density at radius 1 is 0.588 bits per heavy atom. The van der Waals surface area contributed by atoms with E-state index < -0.39 is 29.5 Å². The van der Waals surface area contributed by atoms with Gasteiger partial charge in [0.2, 0.25) is 5.78 Å². The van der Waals surface area contributed by atoms with E-state index in [9.17, 15) is 19.2 Å². The Bertz CT molecular complexity index is 2010. The molecule has 0 N–H and O–H groups in total. The predicted octanol–water partition coefficient (Wildman–Crippen LogP) is 8.36. The summed E-state index contributed by atoms with van der Waals surface area (Å²) in [7, 11) is 2.77. The van der Waals surface area contributed by atoms with Gasteiger partial charge in [0.1, 0.15) is 5.75 Å². The van der Waals surface area contributed by atoms with Crippen LogP contribution in [0.1, 0.15) is 49.2 Å². The van der Waals surface area contributed by atoms with Crippen LogP contribution < -0.4 is 14.2 Å². The number of ether oxygens (including phenoxy) is 5. The molecular weight excluding hydrogens is 648 g/mol. The van der Waals surface area contributed by atoms with Gasteiger partial charge < -0.3 is 23.7 Å². The van der Waals surface area contributed by atoms with E-state index in [1.807, 2.05) is 31.2 Å². The predicted molar refractivity (Wildman–Crippen MR) is 195 cm³/mol. The van der Waals surface area contributed by atoms with Crippen molar-refractivity contribution in [1.29, 1.82) is 0 Å². The molecule has 0 spiro atoms. The molecule has 0 aliphatic carbocycles. The van der Waals surface area contributed by atoms with Crippen molar-refractivity contribution in [2.45, 2.75) is 39.9 Å². The number of hydrogen-bond donors (Lipinski definition) is 0. The van der Waals surface area contributed by atoms with Crippen molar-refractivity contribution >= 4 is 23.7 Å². The van der Waals surface area contributed by atoms with Crippen LogP contribution in [-0.4, -0.2) is 37.9 Å². The summed E-state index contributed by atoms with van der Waals surface area (Å²) >= 11 is 0. The number of methoxy groups -OCH3 is 2. The van der Waals surface area contributed by atoms with Crippen LogP contribution in [0.3, 0.4) is 0 Å². The van der Waals surface area contributed by atoms with E-state index in [0.717, 1.165) is 27.8 Å². The second kappa shape index (κ2) is 16.2. The van der Waals surface area contributed by atoms with Crippen LogP contribution >= 0.6 is 0 Å². The van der Waals surface area contributed by atoms with Gasteiger partial charge in [-0.05, 0) is 91.4 Å². The summed E-state index contributed by atoms with van der Waals surface area (Å²) in [6.07, 6.45) is 0.683. The maximum Gasteiger partial charge on any atom is 0.338 e. The highest BCUT2D eigenvalue weighted by molar-refractivity contribution is 6.02. The van der Waals surface area contributed by atoms with Crippen molar-refractivity contribution in [3.63, 3.8) is 0 Å². The summed E-state index contributed by atoms with van der Waals surface area (Å²) < 4.78 is 27.6. The first-order valence-electron chi connectivity index (χ1n) is 16.0. The monoisotopic (exact) mass is 688 g/mol. The van der Waals surface area contributed by atoms with Crippen LogP contribution in [0.25, 0.3) is 22.3 Å². The fraction of sp³-hybridized carbons (Fsp3) is 0.190. The number of aryl methyl sites for hydroxylation is 1. The largest absolute Gasteiger partial charge is 0.423 e. The first-order valence-corrected chi connectivity index (χ1v) is 16.0. The fourth-order valence-electron chi connectivity index (χ4n) is 5.14. The van der Waals surface area contributed by atoms with Gasteiger partial charge >= 0.3 is 17.9 Å². The quantitative estimate of drug-likeness (QED) is 0.0424. The van der Waals surface area contributed by atoms with Crippen molar-refractivity contribution in [2.75, 3.05) is 14.2 Å². The van der Waals surface area contributed by atoms with E-state index in [1.165, 1.54) is 28.1 Å². The number of hydrogen-bond acceptors (Lipinski definition) is 9. The number of carbonyl (C=O) groups excluding carboxylic acids is 4. The Morgan fingerprint density at radius 3 is 1.63 bits per heavy atom. The minimum Gasteiger partial charge on any atom is -0.423 e. The summed E-state index contributed by atoms with van der Waals surface area (Å²) in [6.45, 7) is 17.5. The topological polar surface area (TPSA) is 114 Å². The number of rotatable bonds is 14. The SMILES string of the molecule is C=C(C)C(=O)Oc1ccc(C(OC)(OC)C(=O)c2ccc(-c3ccc(-c4ccc(OC(=O)C(=C)C)c(OC(=O)C(=C)C)c4)c(CC)c3)cc2)cc1. The maximum absolute atomic E-state index is 13.9. The molecule has 0 radical (unpaired) electrons. The molecule has 0 aromatic heterocycles. The van der Waals surface area contributed by atoms with Gasteiger partial charge in [0.15, 0.2) is 11.5 Å². The smallest absolute Gasteiger partial charge is 0.338 e. The molecule has 0 fully saturated rings. The van der Waals surface area contributed by atoms with E-state index in [-0.39, 0.29) is 34.0 Å². The Balaban J connectivity index is 1.63. The lowest BCUT2D eigenvalue weighted by molar-refractivity contribution is -0.176. The molecule has 4 aromatic carbocycles. The zero-order valence-electron chi connectivity index (χ0n) is 29.6. The van der Waals surface area contributed by atoms with Crippen molar-refractivity contribution in [3.05, 3.63) is 138 Å². The average Bonchev–Trinajstić information content (AvgIpc) is 3.13. The summed E-state index contributed by atoms with van der Waals surface area (Å²) in [5.74, 6) is -3.58. The van der Waals surface area contributed by atoms with Gasteiger partial charge in [0, 0.05) is 42.1 Å². The molecule has 0 unspecified atom stereocenters. The van der Waals surface area contributed by atoms with Gasteiger partial charge in [-0.2, -0.15) is 0 Å². The number of benzene rings is 4. The first kappa shape index (κ1) is 37.9. The number of Topliss-reactive ketones (excluding diaryl/α,β-unsaturated/α-hetero) is 1. The molecule has 0 heterocycles. The first-order chi connectivity index (χ1) is 24.2. The molecule has 262 valence electrons. The minimum absolute atomic E-state index is 0.0758. The molecule has 0 bridgehead atoms. The Hall–Kier alpha value is -5.90. The lowest BCUT2D eigenvalue weighted by Gasteiger charge is -2.30. The third-order valence-electron chi connectivity index (χ3n) is 7.99. The molecule has 0 aliphatic heterocycles. The second-order valence-electron chi connectivity index (χ2n) is 11.9. The molecule has 4 aromatic rings. The second-order valence-corrected chi connectivity index (χ2v) is 11.9. The van der Waals surface area contributed by atoms with Gasteiger partial charge in [-0.25, -0.2) is 14.4 Å². The molecule has 0 atom stereocenters. The van der Waals surface area contributed by atoms with Gasteiger partial charge in [0.25, 0.3) is 5.79 Å². The maximum atomic E-state index is 13.9. The summed E-state index contributed by atoms with van der Waals surface area (Å²) in [4.78, 5) is 50.4. The van der Waals surface area contributed by atoms with Gasteiger partial charge in [-0.1, -0.05) is 75.2 Å². The van der Waals surface area contributed by atoms with E-state index in [4.69, 9.17) is 23.7 Å². The van der Waals surface area contributed by atoms with Crippen LogP contribution in [0.2, 0.25) is 0 Å². The van der Waals surface area contributed by atoms with Gasteiger partial charge in [0.05, 0.1) is 0 Å². The zero-order chi connectivity index (χ0) is 37.5. The highest BCUT2D eigenvalue weighted by Crippen LogP contribution is 2.37. The van der Waals surface area contributed by atoms with Crippen LogP contribution in [0.15, 0.2) is 121 Å². The van der Waals surface area contributed by atoms with Crippen LogP contribution in [0.4, 0.5) is 0 Å². The molecule has 0 saturated heterocycles. The minimum atomic E-state index is -1.74. The van der Waals surface area contributed by atoms with Gasteiger partial charge in [-0.15, -0.1) is 0 Å². The number of ketones is 1. The fourth-order valence-corrected chi connectivity index (χ4v) is 5.14. The molecule has 9 nitrogen and oxygen atoms in total. The normalized spacial score (nSPS) is 10.9. The Kier molecular flexibility index (Phi) is 12.0. The zero-order valence-corrected chi connectivity index (χ0v) is 29.6.